The highest BCUT2D eigenvalue weighted by atomic mass is 32.2. The average molecular weight is 233 g/mol. The number of carbonyl (C=O) groups is 2. The quantitative estimate of drug-likeness (QED) is 0.681. The fourth-order valence-corrected chi connectivity index (χ4v) is 2.37. The van der Waals surface area contributed by atoms with Crippen molar-refractivity contribution in [1.29, 1.82) is 0 Å². The van der Waals surface area contributed by atoms with E-state index in [0.29, 0.717) is 18.1 Å². The Kier molecular flexibility index (Phi) is 4.90. The lowest BCUT2D eigenvalue weighted by Crippen LogP contribution is -2.53. The molecule has 1 N–H and O–H groups in total. The Morgan fingerprint density at radius 3 is 2.47 bits per heavy atom. The molecule has 5 nitrogen and oxygen atoms in total. The van der Waals surface area contributed by atoms with Crippen LogP contribution in [-0.4, -0.2) is 49.2 Å². The van der Waals surface area contributed by atoms with Crippen molar-refractivity contribution in [1.82, 2.24) is 5.32 Å². The molecule has 0 saturated carbocycles. The summed E-state index contributed by atoms with van der Waals surface area (Å²) in [6, 6.07) is -0.823. The average Bonchev–Trinajstić information content (AvgIpc) is 2.28. The van der Waals surface area contributed by atoms with Crippen molar-refractivity contribution in [2.45, 2.75) is 19.0 Å². The van der Waals surface area contributed by atoms with E-state index in [4.69, 9.17) is 4.74 Å². The first-order valence-electron chi connectivity index (χ1n) is 4.77. The van der Waals surface area contributed by atoms with Crippen LogP contribution in [0.2, 0.25) is 0 Å². The summed E-state index contributed by atoms with van der Waals surface area (Å²) in [6.07, 6.45) is 0. The maximum Gasteiger partial charge on any atom is 0.324 e. The summed E-state index contributed by atoms with van der Waals surface area (Å²) in [5.41, 5.74) is 0. The van der Waals surface area contributed by atoms with Crippen molar-refractivity contribution >= 4 is 23.7 Å². The van der Waals surface area contributed by atoms with Gasteiger partial charge in [0.2, 0.25) is 0 Å². The number of thioether (sulfide) groups is 1. The largest absolute Gasteiger partial charge is 0.468 e. The van der Waals surface area contributed by atoms with Crippen LogP contribution in [0, 0.1) is 0 Å². The number of ether oxygens (including phenoxy) is 2. The van der Waals surface area contributed by atoms with E-state index in [-0.39, 0.29) is 11.9 Å². The Morgan fingerprint density at radius 2 is 1.93 bits per heavy atom. The Balaban J connectivity index is 2.48. The Morgan fingerprint density at radius 1 is 1.33 bits per heavy atom. The minimum Gasteiger partial charge on any atom is -0.468 e. The molecule has 1 aliphatic heterocycles. The zero-order chi connectivity index (χ0) is 11.3. The molecule has 0 radical (unpaired) electrons. The number of rotatable bonds is 3. The molecule has 0 spiro atoms. The number of hydrogen-bond donors (Lipinski definition) is 1. The Labute approximate surface area is 92.9 Å². The molecular weight excluding hydrogens is 218 g/mol. The Bertz CT molecular complexity index is 246. The van der Waals surface area contributed by atoms with E-state index in [1.807, 2.05) is 0 Å². The first kappa shape index (κ1) is 12.3. The number of methoxy groups -OCH3 is 1. The standard InChI is InChI=1S/C9H15NO4S/c1-3-14-9(12)7-5-15-4-6(10-7)8(11)13-2/h6-7,10H,3-5H2,1-2H3/t6-,7+/m0/s1. The fraction of sp³-hybridized carbons (Fsp3) is 0.778. The topological polar surface area (TPSA) is 64.6 Å². The number of hydrogen-bond acceptors (Lipinski definition) is 6. The van der Waals surface area contributed by atoms with Gasteiger partial charge in [-0.1, -0.05) is 0 Å². The van der Waals surface area contributed by atoms with Gasteiger partial charge in [-0.2, -0.15) is 11.8 Å². The van der Waals surface area contributed by atoms with Gasteiger partial charge in [0.1, 0.15) is 12.1 Å². The van der Waals surface area contributed by atoms with Crippen LogP contribution in [-0.2, 0) is 19.1 Å². The maximum atomic E-state index is 11.4. The highest BCUT2D eigenvalue weighted by Crippen LogP contribution is 2.14. The Hall–Kier alpha value is -0.750. The number of nitrogens with one attached hydrogen (secondary N) is 1. The van der Waals surface area contributed by atoms with Crippen LogP contribution in [0.15, 0.2) is 0 Å². The minimum absolute atomic E-state index is 0.307. The molecule has 1 heterocycles. The van der Waals surface area contributed by atoms with E-state index >= 15 is 0 Å². The molecule has 0 aromatic rings. The van der Waals surface area contributed by atoms with Gasteiger partial charge >= 0.3 is 11.9 Å². The van der Waals surface area contributed by atoms with Crippen LogP contribution in [0.1, 0.15) is 6.92 Å². The van der Waals surface area contributed by atoms with Crippen molar-refractivity contribution in [2.75, 3.05) is 25.2 Å². The van der Waals surface area contributed by atoms with Gasteiger partial charge in [-0.15, -0.1) is 0 Å². The predicted molar refractivity (Wildman–Crippen MR) is 56.7 cm³/mol. The summed E-state index contributed by atoms with van der Waals surface area (Å²) in [6.45, 7) is 2.11. The predicted octanol–water partition coefficient (Wildman–Crippen LogP) is -0.204. The van der Waals surface area contributed by atoms with Crippen LogP contribution >= 0.6 is 11.8 Å². The van der Waals surface area contributed by atoms with E-state index in [1.165, 1.54) is 7.11 Å². The third-order valence-corrected chi connectivity index (χ3v) is 3.17. The number of esters is 2. The lowest BCUT2D eigenvalue weighted by molar-refractivity contribution is -0.147. The summed E-state index contributed by atoms with van der Waals surface area (Å²) in [7, 11) is 1.34. The first-order chi connectivity index (χ1) is 7.19. The van der Waals surface area contributed by atoms with Crippen LogP contribution in [0.3, 0.4) is 0 Å². The van der Waals surface area contributed by atoms with E-state index in [9.17, 15) is 9.59 Å². The molecule has 1 saturated heterocycles. The molecule has 0 aromatic heterocycles. The van der Waals surface area contributed by atoms with Crippen LogP contribution in [0.5, 0.6) is 0 Å². The summed E-state index contributed by atoms with van der Waals surface area (Å²) in [4.78, 5) is 22.6. The van der Waals surface area contributed by atoms with Gasteiger partial charge in [0.15, 0.2) is 0 Å². The van der Waals surface area contributed by atoms with E-state index in [0.717, 1.165) is 0 Å². The highest BCUT2D eigenvalue weighted by molar-refractivity contribution is 7.99. The zero-order valence-electron chi connectivity index (χ0n) is 8.82. The van der Waals surface area contributed by atoms with Crippen LogP contribution < -0.4 is 5.32 Å². The highest BCUT2D eigenvalue weighted by Gasteiger charge is 2.31. The van der Waals surface area contributed by atoms with E-state index < -0.39 is 12.1 Å². The monoisotopic (exact) mass is 233 g/mol. The van der Waals surface area contributed by atoms with Crippen LogP contribution in [0.25, 0.3) is 0 Å². The van der Waals surface area contributed by atoms with E-state index in [1.54, 1.807) is 18.7 Å². The molecule has 15 heavy (non-hydrogen) atoms. The second kappa shape index (κ2) is 5.97. The van der Waals surface area contributed by atoms with Gasteiger partial charge in [0.25, 0.3) is 0 Å². The van der Waals surface area contributed by atoms with Gasteiger partial charge in [-0.05, 0) is 6.92 Å². The smallest absolute Gasteiger partial charge is 0.324 e. The third kappa shape index (κ3) is 3.39. The number of carbonyl (C=O) groups excluding carboxylic acids is 2. The normalized spacial score (nSPS) is 25.7. The van der Waals surface area contributed by atoms with Gasteiger partial charge in [0, 0.05) is 11.5 Å². The van der Waals surface area contributed by atoms with Crippen molar-refractivity contribution in [3.63, 3.8) is 0 Å². The summed E-state index contributed by atoms with van der Waals surface area (Å²) >= 11 is 1.54. The minimum atomic E-state index is -0.414. The van der Waals surface area contributed by atoms with Gasteiger partial charge in [0.05, 0.1) is 13.7 Å². The molecule has 0 aromatic carbocycles. The fourth-order valence-electron chi connectivity index (χ4n) is 1.30. The molecular formula is C9H15NO4S. The lowest BCUT2D eigenvalue weighted by Gasteiger charge is -2.27. The summed E-state index contributed by atoms with van der Waals surface area (Å²) < 4.78 is 9.49. The SMILES string of the molecule is CCOC(=O)[C@H]1CSC[C@@H](C(=O)OC)N1. The van der Waals surface area contributed by atoms with Crippen molar-refractivity contribution < 1.29 is 19.1 Å². The first-order valence-corrected chi connectivity index (χ1v) is 5.92. The molecule has 0 bridgehead atoms. The van der Waals surface area contributed by atoms with Crippen LogP contribution in [0.4, 0.5) is 0 Å². The molecule has 2 atom stereocenters. The summed E-state index contributed by atoms with van der Waals surface area (Å²) in [5.74, 6) is 0.615. The lowest BCUT2D eigenvalue weighted by atomic mass is 10.2. The summed E-state index contributed by atoms with van der Waals surface area (Å²) in [5, 5.41) is 2.92. The van der Waals surface area contributed by atoms with Gasteiger partial charge < -0.3 is 9.47 Å². The molecule has 6 heteroatoms. The van der Waals surface area contributed by atoms with Gasteiger partial charge in [-0.3, -0.25) is 14.9 Å². The molecule has 0 unspecified atom stereocenters. The van der Waals surface area contributed by atoms with Gasteiger partial charge in [-0.25, -0.2) is 0 Å². The van der Waals surface area contributed by atoms with Crippen molar-refractivity contribution in [3.05, 3.63) is 0 Å². The van der Waals surface area contributed by atoms with Crippen molar-refractivity contribution in [3.8, 4) is 0 Å². The van der Waals surface area contributed by atoms with Crippen molar-refractivity contribution in [2.24, 2.45) is 0 Å². The van der Waals surface area contributed by atoms with E-state index in [2.05, 4.69) is 10.1 Å². The molecule has 1 rings (SSSR count). The molecule has 86 valence electrons. The molecule has 0 aliphatic carbocycles. The molecule has 1 aliphatic rings. The molecule has 0 amide bonds. The molecule has 1 fully saturated rings. The maximum absolute atomic E-state index is 11.4. The second-order valence-corrected chi connectivity index (χ2v) is 4.16. The second-order valence-electron chi connectivity index (χ2n) is 3.08. The zero-order valence-corrected chi connectivity index (χ0v) is 9.63. The third-order valence-electron chi connectivity index (χ3n) is 2.03.